The molecule has 1 aliphatic rings. The van der Waals surface area contributed by atoms with E-state index in [0.717, 1.165) is 32.2 Å². The zero-order valence-electron chi connectivity index (χ0n) is 7.84. The summed E-state index contributed by atoms with van der Waals surface area (Å²) in [4.78, 5) is 0. The van der Waals surface area contributed by atoms with E-state index in [1.807, 2.05) is 6.08 Å². The van der Waals surface area contributed by atoms with Crippen LogP contribution in [0.5, 0.6) is 0 Å². The van der Waals surface area contributed by atoms with Crippen molar-refractivity contribution in [3.05, 3.63) is 12.7 Å². The smallest absolute Gasteiger partial charge is 0.0775 e. The lowest BCUT2D eigenvalue weighted by atomic mass is 9.87. The molecule has 0 bridgehead atoms. The second-order valence-electron chi connectivity index (χ2n) is 3.87. The fraction of sp³-hybridized carbons (Fsp3) is 0.800. The summed E-state index contributed by atoms with van der Waals surface area (Å²) in [6, 6.07) is 0.564. The van der Waals surface area contributed by atoms with Crippen molar-refractivity contribution in [1.82, 2.24) is 5.32 Å². The molecule has 2 atom stereocenters. The van der Waals surface area contributed by atoms with E-state index in [1.54, 1.807) is 0 Å². The topological polar surface area (TPSA) is 32.3 Å². The van der Waals surface area contributed by atoms with Gasteiger partial charge in [0.05, 0.1) is 5.60 Å². The van der Waals surface area contributed by atoms with Crippen LogP contribution in [0.4, 0.5) is 0 Å². The second kappa shape index (κ2) is 4.06. The Labute approximate surface area is 74.7 Å². The molecule has 70 valence electrons. The Morgan fingerprint density at radius 1 is 1.75 bits per heavy atom. The van der Waals surface area contributed by atoms with Gasteiger partial charge in [0.2, 0.25) is 0 Å². The lowest BCUT2D eigenvalue weighted by Gasteiger charge is -2.35. The van der Waals surface area contributed by atoms with Crippen molar-refractivity contribution in [3.8, 4) is 0 Å². The molecule has 1 aliphatic heterocycles. The van der Waals surface area contributed by atoms with Crippen LogP contribution >= 0.6 is 0 Å². The Kier molecular flexibility index (Phi) is 3.29. The number of piperidine rings is 1. The van der Waals surface area contributed by atoms with Gasteiger partial charge in [-0.1, -0.05) is 6.08 Å². The zero-order valence-corrected chi connectivity index (χ0v) is 7.84. The van der Waals surface area contributed by atoms with Crippen LogP contribution in [0.15, 0.2) is 12.7 Å². The first kappa shape index (κ1) is 9.75. The third-order valence-electron chi connectivity index (χ3n) is 2.64. The van der Waals surface area contributed by atoms with Gasteiger partial charge in [-0.3, -0.25) is 0 Å². The highest BCUT2D eigenvalue weighted by Gasteiger charge is 2.30. The van der Waals surface area contributed by atoms with Crippen molar-refractivity contribution in [2.24, 2.45) is 0 Å². The highest BCUT2D eigenvalue weighted by Crippen LogP contribution is 2.23. The minimum Gasteiger partial charge on any atom is -0.389 e. The maximum Gasteiger partial charge on any atom is 0.0775 e. The SMILES string of the molecule is C=CCCC1(O)CCC(C)NC1. The van der Waals surface area contributed by atoms with E-state index in [4.69, 9.17) is 0 Å². The second-order valence-corrected chi connectivity index (χ2v) is 3.87. The molecule has 12 heavy (non-hydrogen) atoms. The van der Waals surface area contributed by atoms with Gasteiger partial charge in [0.15, 0.2) is 0 Å². The van der Waals surface area contributed by atoms with Crippen LogP contribution in [0, 0.1) is 0 Å². The Bertz CT molecular complexity index is 148. The quantitative estimate of drug-likeness (QED) is 0.627. The molecule has 0 amide bonds. The van der Waals surface area contributed by atoms with Gasteiger partial charge in [-0.05, 0) is 32.6 Å². The van der Waals surface area contributed by atoms with Crippen LogP contribution in [0.1, 0.15) is 32.6 Å². The van der Waals surface area contributed by atoms with Crippen LogP contribution < -0.4 is 5.32 Å². The van der Waals surface area contributed by atoms with E-state index in [1.165, 1.54) is 0 Å². The van der Waals surface area contributed by atoms with Crippen LogP contribution in [0.25, 0.3) is 0 Å². The number of hydrogen-bond acceptors (Lipinski definition) is 2. The Morgan fingerprint density at radius 3 is 3.00 bits per heavy atom. The van der Waals surface area contributed by atoms with E-state index in [0.29, 0.717) is 6.04 Å². The molecule has 0 aromatic rings. The molecule has 1 rings (SSSR count). The van der Waals surface area contributed by atoms with Gasteiger partial charge in [0.1, 0.15) is 0 Å². The van der Waals surface area contributed by atoms with E-state index in [9.17, 15) is 5.11 Å². The third-order valence-corrected chi connectivity index (χ3v) is 2.64. The first-order valence-electron chi connectivity index (χ1n) is 4.73. The molecule has 0 aromatic carbocycles. The fourth-order valence-electron chi connectivity index (χ4n) is 1.62. The molecule has 0 radical (unpaired) electrons. The molecule has 0 aromatic heterocycles. The standard InChI is InChI=1S/C10H19NO/c1-3-4-6-10(12)7-5-9(2)11-8-10/h3,9,11-12H,1,4-8H2,2H3. The van der Waals surface area contributed by atoms with Crippen molar-refractivity contribution in [3.63, 3.8) is 0 Å². The number of allylic oxidation sites excluding steroid dienone is 1. The number of aliphatic hydroxyl groups is 1. The summed E-state index contributed by atoms with van der Waals surface area (Å²) in [6.45, 7) is 6.56. The molecule has 2 nitrogen and oxygen atoms in total. The molecule has 2 unspecified atom stereocenters. The van der Waals surface area contributed by atoms with Crippen LogP contribution in [-0.4, -0.2) is 23.3 Å². The minimum absolute atomic E-state index is 0.472. The Hall–Kier alpha value is -0.340. The Balaban J connectivity index is 2.33. The van der Waals surface area contributed by atoms with Crippen molar-refractivity contribution >= 4 is 0 Å². The van der Waals surface area contributed by atoms with Crippen molar-refractivity contribution in [2.45, 2.75) is 44.2 Å². The molecule has 0 saturated carbocycles. The van der Waals surface area contributed by atoms with Crippen LogP contribution in [0.2, 0.25) is 0 Å². The molecule has 1 heterocycles. The molecular formula is C10H19NO. The fourth-order valence-corrected chi connectivity index (χ4v) is 1.62. The normalized spacial score (nSPS) is 36.3. The molecule has 2 heteroatoms. The predicted octanol–water partition coefficient (Wildman–Crippen LogP) is 1.46. The van der Waals surface area contributed by atoms with Crippen molar-refractivity contribution in [1.29, 1.82) is 0 Å². The largest absolute Gasteiger partial charge is 0.389 e. The van der Waals surface area contributed by atoms with Gasteiger partial charge in [0, 0.05) is 12.6 Å². The maximum absolute atomic E-state index is 10.0. The Morgan fingerprint density at radius 2 is 2.50 bits per heavy atom. The van der Waals surface area contributed by atoms with Gasteiger partial charge >= 0.3 is 0 Å². The highest BCUT2D eigenvalue weighted by atomic mass is 16.3. The summed E-state index contributed by atoms with van der Waals surface area (Å²) in [5.74, 6) is 0. The van der Waals surface area contributed by atoms with Gasteiger partial charge in [-0.2, -0.15) is 0 Å². The van der Waals surface area contributed by atoms with Gasteiger partial charge < -0.3 is 10.4 Å². The maximum atomic E-state index is 10.0. The van der Waals surface area contributed by atoms with Crippen molar-refractivity contribution < 1.29 is 5.11 Å². The van der Waals surface area contributed by atoms with Gasteiger partial charge in [-0.15, -0.1) is 6.58 Å². The van der Waals surface area contributed by atoms with Gasteiger partial charge in [-0.25, -0.2) is 0 Å². The highest BCUT2D eigenvalue weighted by molar-refractivity contribution is 4.89. The van der Waals surface area contributed by atoms with Crippen LogP contribution in [0.3, 0.4) is 0 Å². The van der Waals surface area contributed by atoms with Crippen molar-refractivity contribution in [2.75, 3.05) is 6.54 Å². The predicted molar refractivity (Wildman–Crippen MR) is 51.1 cm³/mol. The molecule has 0 aliphatic carbocycles. The average molecular weight is 169 g/mol. The molecule has 1 fully saturated rings. The number of rotatable bonds is 3. The van der Waals surface area contributed by atoms with E-state index in [-0.39, 0.29) is 0 Å². The minimum atomic E-state index is -0.472. The summed E-state index contributed by atoms with van der Waals surface area (Å²) in [5.41, 5.74) is -0.472. The average Bonchev–Trinajstić information content (AvgIpc) is 2.08. The monoisotopic (exact) mass is 169 g/mol. The molecule has 1 saturated heterocycles. The molecule has 0 spiro atoms. The van der Waals surface area contributed by atoms with Crippen LogP contribution in [-0.2, 0) is 0 Å². The van der Waals surface area contributed by atoms with E-state index in [2.05, 4.69) is 18.8 Å². The zero-order chi connectivity index (χ0) is 9.03. The van der Waals surface area contributed by atoms with Gasteiger partial charge in [0.25, 0.3) is 0 Å². The summed E-state index contributed by atoms with van der Waals surface area (Å²) >= 11 is 0. The summed E-state index contributed by atoms with van der Waals surface area (Å²) in [5, 5.41) is 13.3. The molecular weight excluding hydrogens is 150 g/mol. The number of nitrogens with one attached hydrogen (secondary N) is 1. The lowest BCUT2D eigenvalue weighted by molar-refractivity contribution is 0.00137. The molecule has 2 N–H and O–H groups in total. The summed E-state index contributed by atoms with van der Waals surface area (Å²) in [7, 11) is 0. The third kappa shape index (κ3) is 2.61. The lowest BCUT2D eigenvalue weighted by Crippen LogP contribution is -2.49. The first-order chi connectivity index (χ1) is 5.66. The van der Waals surface area contributed by atoms with E-state index < -0.39 is 5.60 Å². The summed E-state index contributed by atoms with van der Waals surface area (Å²) < 4.78 is 0. The number of hydrogen-bond donors (Lipinski definition) is 2. The number of β-amino-alcohol motifs (C(OH)–C–C–N with tert-alkyl or cyclic N) is 1. The first-order valence-corrected chi connectivity index (χ1v) is 4.73. The van der Waals surface area contributed by atoms with E-state index >= 15 is 0 Å². The summed E-state index contributed by atoms with van der Waals surface area (Å²) in [6.07, 6.45) is 5.63.